The molecule has 10 heavy (non-hydrogen) atoms. The Hall–Kier alpha value is -0.360. The maximum Gasteiger partial charge on any atom is 0.169 e. The third-order valence-electron chi connectivity index (χ3n) is 0.550. The predicted octanol–water partition coefficient (Wildman–Crippen LogP) is -0.453. The van der Waals surface area contributed by atoms with E-state index in [0.29, 0.717) is 10.8 Å². The number of hydrogen-bond acceptors (Lipinski definition) is 4. The molecule has 0 N–H and O–H groups in total. The minimum Gasteiger partial charge on any atom is -0.225 e. The molecule has 0 aliphatic heterocycles. The zero-order chi connectivity index (χ0) is 8.41. The molecule has 0 unspecified atom stereocenters. The molecule has 6 heteroatoms. The van der Waals surface area contributed by atoms with Crippen LogP contribution in [0.5, 0.6) is 0 Å². The summed E-state index contributed by atoms with van der Waals surface area (Å²) in [7, 11) is -6.63. The van der Waals surface area contributed by atoms with Crippen LogP contribution in [0.15, 0.2) is 10.8 Å². The van der Waals surface area contributed by atoms with Crippen LogP contribution in [0, 0.1) is 0 Å². The Morgan fingerprint density at radius 3 is 1.10 bits per heavy atom. The molecule has 0 aromatic heterocycles. The summed E-state index contributed by atoms with van der Waals surface area (Å²) in [5, 5.41) is 1.31. The summed E-state index contributed by atoms with van der Waals surface area (Å²) in [5.74, 6) is 0. The Morgan fingerprint density at radius 2 is 1.00 bits per heavy atom. The van der Waals surface area contributed by atoms with Crippen molar-refractivity contribution in [1.82, 2.24) is 0 Å². The minimum atomic E-state index is -3.32. The van der Waals surface area contributed by atoms with Crippen LogP contribution < -0.4 is 0 Å². The third kappa shape index (κ3) is 7.64. The van der Waals surface area contributed by atoms with Gasteiger partial charge in [-0.05, 0) is 0 Å². The van der Waals surface area contributed by atoms with Gasteiger partial charge in [0.1, 0.15) is 0 Å². The second-order valence-corrected chi connectivity index (χ2v) is 5.79. The summed E-state index contributed by atoms with van der Waals surface area (Å²) in [5.41, 5.74) is 0. The van der Waals surface area contributed by atoms with E-state index in [0.717, 1.165) is 12.5 Å². The average Bonchev–Trinajstić information content (AvgIpc) is 1.57. The molecule has 0 heterocycles. The van der Waals surface area contributed by atoms with Crippen molar-refractivity contribution in [1.29, 1.82) is 0 Å². The second-order valence-electron chi connectivity index (χ2n) is 1.93. The monoisotopic (exact) mass is 184 g/mol. The largest absolute Gasteiger partial charge is 0.225 e. The quantitative estimate of drug-likeness (QED) is 0.582. The molecular weight excluding hydrogens is 176 g/mol. The van der Waals surface area contributed by atoms with Crippen LogP contribution in [-0.2, 0) is 19.7 Å². The summed E-state index contributed by atoms with van der Waals surface area (Å²) in [6, 6.07) is 0. The van der Waals surface area contributed by atoms with Gasteiger partial charge in [0.25, 0.3) is 0 Å². The zero-order valence-electron chi connectivity index (χ0n) is 5.60. The van der Waals surface area contributed by atoms with E-state index in [2.05, 4.69) is 0 Å². The molecule has 0 fully saturated rings. The molecule has 0 atom stereocenters. The van der Waals surface area contributed by atoms with Gasteiger partial charge in [-0.1, -0.05) is 0 Å². The van der Waals surface area contributed by atoms with E-state index in [1.807, 2.05) is 0 Å². The Morgan fingerprint density at radius 1 is 0.800 bits per heavy atom. The molecule has 0 bridgehead atoms. The van der Waals surface area contributed by atoms with Gasteiger partial charge >= 0.3 is 0 Å². The van der Waals surface area contributed by atoms with E-state index in [1.165, 1.54) is 0 Å². The molecule has 0 aliphatic carbocycles. The normalized spacial score (nSPS) is 14.2. The smallest absolute Gasteiger partial charge is 0.169 e. The third-order valence-corrected chi connectivity index (χ3v) is 1.98. The maximum atomic E-state index is 10.3. The highest BCUT2D eigenvalue weighted by Gasteiger charge is 1.97. The first kappa shape index (κ1) is 9.64. The molecule has 0 amide bonds. The number of sulfone groups is 2. The van der Waals surface area contributed by atoms with Gasteiger partial charge in [0.2, 0.25) is 0 Å². The summed E-state index contributed by atoms with van der Waals surface area (Å²) >= 11 is 0. The standard InChI is InChI=1S/C4H8O4S2/c1-9(5,6)3-4-10(2,7)8/h3-4H,1-2H3. The van der Waals surface area contributed by atoms with Crippen molar-refractivity contribution in [2.45, 2.75) is 0 Å². The van der Waals surface area contributed by atoms with Gasteiger partial charge in [-0.3, -0.25) is 0 Å². The molecule has 0 aromatic carbocycles. The fraction of sp³-hybridized carbons (Fsp3) is 0.500. The topological polar surface area (TPSA) is 68.3 Å². The van der Waals surface area contributed by atoms with Crippen molar-refractivity contribution in [3.63, 3.8) is 0 Å². The summed E-state index contributed by atoms with van der Waals surface area (Å²) < 4.78 is 41.3. The van der Waals surface area contributed by atoms with Gasteiger partial charge in [-0.25, -0.2) is 16.8 Å². The van der Waals surface area contributed by atoms with Crippen molar-refractivity contribution in [3.8, 4) is 0 Å². The van der Waals surface area contributed by atoms with Crippen molar-refractivity contribution in [2.24, 2.45) is 0 Å². The molecule has 0 rings (SSSR count). The Labute approximate surface area is 60.4 Å². The predicted molar refractivity (Wildman–Crippen MR) is 38.8 cm³/mol. The van der Waals surface area contributed by atoms with Gasteiger partial charge in [0, 0.05) is 23.3 Å². The summed E-state index contributed by atoms with van der Waals surface area (Å²) in [4.78, 5) is 0. The van der Waals surface area contributed by atoms with Crippen LogP contribution in [0.25, 0.3) is 0 Å². The molecule has 0 radical (unpaired) electrons. The van der Waals surface area contributed by atoms with Crippen molar-refractivity contribution in [3.05, 3.63) is 10.8 Å². The van der Waals surface area contributed by atoms with Crippen molar-refractivity contribution < 1.29 is 16.8 Å². The zero-order valence-corrected chi connectivity index (χ0v) is 7.24. The highest BCUT2D eigenvalue weighted by Crippen LogP contribution is 1.90. The first-order chi connectivity index (χ1) is 4.21. The highest BCUT2D eigenvalue weighted by molar-refractivity contribution is 7.97. The number of rotatable bonds is 2. The molecular formula is C4H8O4S2. The first-order valence-electron chi connectivity index (χ1n) is 2.29. The SMILES string of the molecule is CS(=O)(=O)C=CS(C)(=O)=O. The average molecular weight is 184 g/mol. The second kappa shape index (κ2) is 2.71. The van der Waals surface area contributed by atoms with Crippen molar-refractivity contribution >= 4 is 19.7 Å². The van der Waals surface area contributed by atoms with E-state index in [-0.39, 0.29) is 0 Å². The lowest BCUT2D eigenvalue weighted by molar-refractivity contribution is 0.606. The van der Waals surface area contributed by atoms with Gasteiger partial charge in [-0.2, -0.15) is 0 Å². The van der Waals surface area contributed by atoms with Crippen molar-refractivity contribution in [2.75, 3.05) is 12.5 Å². The number of hydrogen-bond donors (Lipinski definition) is 0. The van der Waals surface area contributed by atoms with E-state index < -0.39 is 19.7 Å². The molecule has 4 nitrogen and oxygen atoms in total. The van der Waals surface area contributed by atoms with Crippen LogP contribution in [-0.4, -0.2) is 29.3 Å². The lowest BCUT2D eigenvalue weighted by Gasteiger charge is -1.84. The Kier molecular flexibility index (Phi) is 2.61. The molecule has 0 spiro atoms. The van der Waals surface area contributed by atoms with Crippen LogP contribution in [0.2, 0.25) is 0 Å². The van der Waals surface area contributed by atoms with Gasteiger partial charge in [-0.15, -0.1) is 0 Å². The summed E-state index contributed by atoms with van der Waals surface area (Å²) in [6.45, 7) is 0. The molecule has 60 valence electrons. The fourth-order valence-electron chi connectivity index (χ4n) is 0.202. The van der Waals surface area contributed by atoms with E-state index >= 15 is 0 Å². The van der Waals surface area contributed by atoms with Crippen LogP contribution in [0.3, 0.4) is 0 Å². The minimum absolute atomic E-state index is 0.655. The molecule has 0 aromatic rings. The van der Waals surface area contributed by atoms with Crippen LogP contribution in [0.1, 0.15) is 0 Å². The molecule has 0 saturated heterocycles. The van der Waals surface area contributed by atoms with Gasteiger partial charge < -0.3 is 0 Å². The van der Waals surface area contributed by atoms with E-state index in [1.54, 1.807) is 0 Å². The fourth-order valence-corrected chi connectivity index (χ4v) is 1.82. The lowest BCUT2D eigenvalue weighted by atomic mass is 11.3. The molecule has 0 aliphatic rings. The summed E-state index contributed by atoms with van der Waals surface area (Å²) in [6.07, 6.45) is 1.85. The van der Waals surface area contributed by atoms with E-state index in [9.17, 15) is 16.8 Å². The van der Waals surface area contributed by atoms with Crippen LogP contribution in [0.4, 0.5) is 0 Å². The van der Waals surface area contributed by atoms with Gasteiger partial charge in [0.05, 0.1) is 0 Å². The first-order valence-corrected chi connectivity index (χ1v) is 6.20. The van der Waals surface area contributed by atoms with Gasteiger partial charge in [0.15, 0.2) is 19.7 Å². The molecule has 0 saturated carbocycles. The Balaban J connectivity index is 4.64. The maximum absolute atomic E-state index is 10.3. The Bertz CT molecular complexity index is 284. The van der Waals surface area contributed by atoms with E-state index in [4.69, 9.17) is 0 Å². The lowest BCUT2D eigenvalue weighted by Crippen LogP contribution is -1.93. The highest BCUT2D eigenvalue weighted by atomic mass is 32.2. The van der Waals surface area contributed by atoms with Crippen LogP contribution >= 0.6 is 0 Å².